The van der Waals surface area contributed by atoms with Gasteiger partial charge in [-0.15, -0.1) is 0 Å². The minimum absolute atomic E-state index is 0.00386. The van der Waals surface area contributed by atoms with Gasteiger partial charge in [0.05, 0.1) is 17.9 Å². The first-order valence-corrected chi connectivity index (χ1v) is 5.40. The second kappa shape index (κ2) is 4.85. The van der Waals surface area contributed by atoms with Gasteiger partial charge in [0.2, 0.25) is 0 Å². The highest BCUT2D eigenvalue weighted by Gasteiger charge is 2.22. The van der Waals surface area contributed by atoms with E-state index < -0.39 is 12.2 Å². The quantitative estimate of drug-likeness (QED) is 0.664. The monoisotopic (exact) mass is 241 g/mol. The van der Waals surface area contributed by atoms with E-state index in [4.69, 9.17) is 5.11 Å². The van der Waals surface area contributed by atoms with Crippen molar-refractivity contribution in [3.63, 3.8) is 0 Å². The summed E-state index contributed by atoms with van der Waals surface area (Å²) >= 11 is 0. The molecule has 17 heavy (non-hydrogen) atoms. The zero-order valence-electron chi connectivity index (χ0n) is 10.6. The summed E-state index contributed by atoms with van der Waals surface area (Å²) in [7, 11) is 1.77. The molecule has 0 saturated carbocycles. The van der Waals surface area contributed by atoms with Gasteiger partial charge in [-0.1, -0.05) is 0 Å². The maximum atomic E-state index is 11.9. The maximum Gasteiger partial charge on any atom is 0.255 e. The third kappa shape index (κ3) is 3.04. The molecule has 0 spiro atoms. The first kappa shape index (κ1) is 13.7. The van der Waals surface area contributed by atoms with Crippen LogP contribution in [-0.2, 0) is 7.05 Å². The van der Waals surface area contributed by atoms with Crippen molar-refractivity contribution in [1.82, 2.24) is 15.1 Å². The van der Waals surface area contributed by atoms with Crippen LogP contribution in [0.4, 0.5) is 0 Å². The Morgan fingerprint density at radius 3 is 2.53 bits per heavy atom. The topological polar surface area (TPSA) is 87.4 Å². The highest BCUT2D eigenvalue weighted by molar-refractivity contribution is 5.96. The third-order valence-corrected chi connectivity index (χ3v) is 2.71. The Labute approximate surface area is 100 Å². The van der Waals surface area contributed by atoms with Gasteiger partial charge in [-0.2, -0.15) is 5.10 Å². The van der Waals surface area contributed by atoms with Crippen LogP contribution in [0.2, 0.25) is 0 Å². The van der Waals surface area contributed by atoms with E-state index >= 15 is 0 Å². The molecular formula is C11H19N3O3. The minimum Gasteiger partial charge on any atom is -0.393 e. The minimum atomic E-state index is -1.31. The normalized spacial score (nSPS) is 14.5. The lowest BCUT2D eigenvalue weighted by molar-refractivity contribution is 0.00319. The molecule has 1 aromatic rings. The van der Waals surface area contributed by atoms with Gasteiger partial charge < -0.3 is 15.5 Å². The van der Waals surface area contributed by atoms with Crippen LogP contribution in [-0.4, -0.2) is 44.7 Å². The lowest BCUT2D eigenvalue weighted by Gasteiger charge is -2.20. The molecule has 1 unspecified atom stereocenters. The van der Waals surface area contributed by atoms with Gasteiger partial charge in [0.25, 0.3) is 5.91 Å². The molecule has 96 valence electrons. The molecule has 0 radical (unpaired) electrons. The molecule has 3 N–H and O–H groups in total. The number of rotatable bonds is 4. The van der Waals surface area contributed by atoms with Crippen molar-refractivity contribution in [2.75, 3.05) is 13.2 Å². The Bertz CT molecular complexity index is 424. The lowest BCUT2D eigenvalue weighted by Crippen LogP contribution is -2.43. The van der Waals surface area contributed by atoms with E-state index in [0.717, 1.165) is 5.69 Å². The predicted octanol–water partition coefficient (Wildman–Crippen LogP) is -0.490. The van der Waals surface area contributed by atoms with Crippen LogP contribution in [0.25, 0.3) is 0 Å². The number of nitrogens with one attached hydrogen (secondary N) is 1. The molecule has 0 aliphatic heterocycles. The van der Waals surface area contributed by atoms with Crippen molar-refractivity contribution in [3.05, 3.63) is 17.0 Å². The molecule has 1 amide bonds. The van der Waals surface area contributed by atoms with Crippen LogP contribution in [0.3, 0.4) is 0 Å². The van der Waals surface area contributed by atoms with Gasteiger partial charge in [0.15, 0.2) is 0 Å². The SMILES string of the molecule is Cc1nn(C)c(C)c1C(=O)NCC(C)(O)CO. The fraction of sp³-hybridized carbons (Fsp3) is 0.636. The van der Waals surface area contributed by atoms with Crippen LogP contribution in [0.5, 0.6) is 0 Å². The summed E-state index contributed by atoms with van der Waals surface area (Å²) in [5.74, 6) is -0.290. The second-order valence-electron chi connectivity index (χ2n) is 4.51. The van der Waals surface area contributed by atoms with Crippen molar-refractivity contribution in [2.45, 2.75) is 26.4 Å². The standard InChI is InChI=1S/C11H19N3O3/c1-7-9(8(2)14(4)13-7)10(16)12-5-11(3,17)6-15/h15,17H,5-6H2,1-4H3,(H,12,16). The molecule has 1 atom stereocenters. The number of aromatic nitrogens is 2. The zero-order valence-corrected chi connectivity index (χ0v) is 10.6. The number of nitrogens with zero attached hydrogens (tertiary/aromatic N) is 2. The van der Waals surface area contributed by atoms with E-state index in [1.54, 1.807) is 25.6 Å². The number of aliphatic hydroxyl groups excluding tert-OH is 1. The zero-order chi connectivity index (χ0) is 13.2. The summed E-state index contributed by atoms with van der Waals surface area (Å²) in [6, 6.07) is 0. The fourth-order valence-electron chi connectivity index (χ4n) is 1.52. The number of aliphatic hydroxyl groups is 2. The number of hydrogen-bond acceptors (Lipinski definition) is 4. The van der Waals surface area contributed by atoms with Crippen LogP contribution in [0.1, 0.15) is 28.7 Å². The molecule has 1 aromatic heterocycles. The Kier molecular flexibility index (Phi) is 3.90. The second-order valence-corrected chi connectivity index (χ2v) is 4.51. The summed E-state index contributed by atoms with van der Waals surface area (Å²) in [5.41, 5.74) is 0.621. The molecule has 1 heterocycles. The highest BCUT2D eigenvalue weighted by atomic mass is 16.3. The molecular weight excluding hydrogens is 222 g/mol. The molecule has 0 aromatic carbocycles. The highest BCUT2D eigenvalue weighted by Crippen LogP contribution is 2.11. The van der Waals surface area contributed by atoms with E-state index in [1.807, 2.05) is 0 Å². The van der Waals surface area contributed by atoms with Crippen molar-refractivity contribution < 1.29 is 15.0 Å². The fourth-order valence-corrected chi connectivity index (χ4v) is 1.52. The Balaban J connectivity index is 2.78. The van der Waals surface area contributed by atoms with Crippen LogP contribution in [0.15, 0.2) is 0 Å². The number of amides is 1. The first-order chi connectivity index (χ1) is 7.78. The lowest BCUT2D eigenvalue weighted by atomic mass is 10.1. The van der Waals surface area contributed by atoms with E-state index in [2.05, 4.69) is 10.4 Å². The Hall–Kier alpha value is -1.40. The average Bonchev–Trinajstić information content (AvgIpc) is 2.50. The summed E-state index contributed by atoms with van der Waals surface area (Å²) < 4.78 is 1.63. The van der Waals surface area contributed by atoms with Gasteiger partial charge in [0.1, 0.15) is 5.60 Å². The van der Waals surface area contributed by atoms with Gasteiger partial charge in [-0.25, -0.2) is 0 Å². The van der Waals surface area contributed by atoms with E-state index in [-0.39, 0.29) is 12.5 Å². The molecule has 0 saturated heterocycles. The molecule has 0 fully saturated rings. The van der Waals surface area contributed by atoms with Crippen molar-refractivity contribution in [1.29, 1.82) is 0 Å². The van der Waals surface area contributed by atoms with Crippen molar-refractivity contribution in [3.8, 4) is 0 Å². The third-order valence-electron chi connectivity index (χ3n) is 2.71. The van der Waals surface area contributed by atoms with Gasteiger partial charge in [-0.3, -0.25) is 9.48 Å². The first-order valence-electron chi connectivity index (χ1n) is 5.40. The molecule has 0 aliphatic rings. The maximum absolute atomic E-state index is 11.9. The predicted molar refractivity (Wildman–Crippen MR) is 62.7 cm³/mol. The molecule has 0 aliphatic carbocycles. The largest absolute Gasteiger partial charge is 0.393 e. The Morgan fingerprint density at radius 2 is 2.12 bits per heavy atom. The van der Waals surface area contributed by atoms with Gasteiger partial charge >= 0.3 is 0 Å². The van der Waals surface area contributed by atoms with Crippen LogP contribution < -0.4 is 5.32 Å². The number of aryl methyl sites for hydroxylation is 2. The van der Waals surface area contributed by atoms with Crippen LogP contribution >= 0.6 is 0 Å². The van der Waals surface area contributed by atoms with E-state index in [9.17, 15) is 9.90 Å². The molecule has 0 bridgehead atoms. The number of carbonyl (C=O) groups excluding carboxylic acids is 1. The number of hydrogen-bond donors (Lipinski definition) is 3. The van der Waals surface area contributed by atoms with Gasteiger partial charge in [0, 0.05) is 19.3 Å². The smallest absolute Gasteiger partial charge is 0.255 e. The van der Waals surface area contributed by atoms with E-state index in [1.165, 1.54) is 6.92 Å². The average molecular weight is 241 g/mol. The van der Waals surface area contributed by atoms with Crippen molar-refractivity contribution in [2.24, 2.45) is 7.05 Å². The van der Waals surface area contributed by atoms with Crippen molar-refractivity contribution >= 4 is 5.91 Å². The van der Waals surface area contributed by atoms with Gasteiger partial charge in [-0.05, 0) is 20.8 Å². The Morgan fingerprint density at radius 1 is 1.53 bits per heavy atom. The molecule has 1 rings (SSSR count). The molecule has 6 nitrogen and oxygen atoms in total. The van der Waals surface area contributed by atoms with E-state index in [0.29, 0.717) is 11.3 Å². The summed E-state index contributed by atoms with van der Waals surface area (Å²) in [6.45, 7) is 4.61. The summed E-state index contributed by atoms with van der Waals surface area (Å²) in [5, 5.41) is 25.2. The molecule has 6 heteroatoms. The summed E-state index contributed by atoms with van der Waals surface area (Å²) in [6.07, 6.45) is 0. The van der Waals surface area contributed by atoms with Crippen LogP contribution in [0, 0.1) is 13.8 Å². The number of carbonyl (C=O) groups is 1. The summed E-state index contributed by atoms with van der Waals surface area (Å²) in [4.78, 5) is 11.9.